The average molecular weight is 461 g/mol. The topological polar surface area (TPSA) is 98.8 Å². The molecule has 0 aliphatic carbocycles. The minimum Gasteiger partial charge on any atom is -0.489 e. The molecule has 0 fully saturated rings. The van der Waals surface area contributed by atoms with E-state index in [1.807, 2.05) is 42.5 Å². The number of anilines is 1. The van der Waals surface area contributed by atoms with E-state index in [4.69, 9.17) is 15.3 Å². The van der Waals surface area contributed by atoms with E-state index < -0.39 is 0 Å². The van der Waals surface area contributed by atoms with Crippen LogP contribution in [0.1, 0.15) is 61.8 Å². The monoisotopic (exact) mass is 460 g/mol. The minimum absolute atomic E-state index is 0.157. The summed E-state index contributed by atoms with van der Waals surface area (Å²) in [5, 5.41) is 6.92. The van der Waals surface area contributed by atoms with Crippen LogP contribution in [-0.2, 0) is 16.2 Å². The average Bonchev–Trinajstić information content (AvgIpc) is 2.83. The summed E-state index contributed by atoms with van der Waals surface area (Å²) in [7, 11) is 0. The molecule has 2 aromatic carbocycles. The zero-order chi connectivity index (χ0) is 24.5. The van der Waals surface area contributed by atoms with Gasteiger partial charge in [0.1, 0.15) is 12.4 Å². The summed E-state index contributed by atoms with van der Waals surface area (Å²) >= 11 is 0. The molecule has 0 aliphatic heterocycles. The largest absolute Gasteiger partial charge is 0.489 e. The highest BCUT2D eigenvalue weighted by Crippen LogP contribution is 2.32. The van der Waals surface area contributed by atoms with Gasteiger partial charge in [0.25, 0.3) is 5.91 Å². The first-order chi connectivity index (χ1) is 16.3. The van der Waals surface area contributed by atoms with Crippen molar-refractivity contribution in [3.05, 3.63) is 89.2 Å². The molecular formula is C27H32N4O3. The molecule has 7 heteroatoms. The van der Waals surface area contributed by atoms with Crippen molar-refractivity contribution in [1.29, 1.82) is 0 Å². The lowest BCUT2D eigenvalue weighted by atomic mass is 9.92. The first-order valence-electron chi connectivity index (χ1n) is 11.4. The number of nitrogens with two attached hydrogens (primary N) is 1. The number of nitrogens with zero attached hydrogens (tertiary/aromatic N) is 2. The number of pyridine rings is 1. The van der Waals surface area contributed by atoms with Crippen LogP contribution in [0.25, 0.3) is 0 Å². The van der Waals surface area contributed by atoms with Crippen molar-refractivity contribution in [2.24, 2.45) is 10.9 Å². The molecule has 1 aromatic heterocycles. The van der Waals surface area contributed by atoms with Gasteiger partial charge in [0.15, 0.2) is 12.4 Å². The third-order valence-corrected chi connectivity index (χ3v) is 5.25. The van der Waals surface area contributed by atoms with E-state index in [0.29, 0.717) is 17.9 Å². The van der Waals surface area contributed by atoms with Crippen LogP contribution in [0.4, 0.5) is 5.69 Å². The van der Waals surface area contributed by atoms with Crippen LogP contribution in [0.15, 0.2) is 72.1 Å². The van der Waals surface area contributed by atoms with E-state index in [9.17, 15) is 4.79 Å². The van der Waals surface area contributed by atoms with Crippen LogP contribution in [0.5, 0.6) is 5.75 Å². The minimum atomic E-state index is -0.292. The van der Waals surface area contributed by atoms with Gasteiger partial charge in [0.05, 0.1) is 0 Å². The molecule has 0 unspecified atom stereocenters. The molecule has 0 saturated heterocycles. The highest BCUT2D eigenvalue weighted by molar-refractivity contribution is 5.97. The number of benzene rings is 2. The Morgan fingerprint density at radius 3 is 2.38 bits per heavy atom. The van der Waals surface area contributed by atoms with E-state index in [-0.39, 0.29) is 30.2 Å². The maximum Gasteiger partial charge on any atom is 0.265 e. The number of ether oxygens (including phenoxy) is 1. The molecule has 0 spiro atoms. The maximum atomic E-state index is 12.6. The van der Waals surface area contributed by atoms with E-state index in [0.717, 1.165) is 22.4 Å². The molecule has 3 aromatic rings. The van der Waals surface area contributed by atoms with Gasteiger partial charge in [-0.2, -0.15) is 0 Å². The van der Waals surface area contributed by atoms with Gasteiger partial charge >= 0.3 is 0 Å². The summed E-state index contributed by atoms with van der Waals surface area (Å²) < 4.78 is 5.80. The van der Waals surface area contributed by atoms with E-state index >= 15 is 0 Å². The van der Waals surface area contributed by atoms with E-state index in [1.54, 1.807) is 24.5 Å². The molecule has 0 radical (unpaired) electrons. The van der Waals surface area contributed by atoms with Crippen LogP contribution in [-0.4, -0.2) is 23.3 Å². The van der Waals surface area contributed by atoms with Crippen molar-refractivity contribution in [1.82, 2.24) is 4.98 Å². The summed E-state index contributed by atoms with van der Waals surface area (Å²) in [5.41, 5.74) is 10.7. The Morgan fingerprint density at radius 2 is 1.74 bits per heavy atom. The number of carbonyl (C=O) groups excluding carboxylic acids is 1. The molecule has 0 bridgehead atoms. The van der Waals surface area contributed by atoms with Crippen molar-refractivity contribution >= 4 is 17.4 Å². The van der Waals surface area contributed by atoms with Crippen LogP contribution in [0.2, 0.25) is 0 Å². The lowest BCUT2D eigenvalue weighted by Gasteiger charge is -2.20. The molecule has 0 atom stereocenters. The van der Waals surface area contributed by atoms with Gasteiger partial charge in [-0.15, -0.1) is 0 Å². The number of nitrogens with one attached hydrogen (secondary N) is 1. The fraction of sp³-hybridized carbons (Fsp3) is 0.296. The lowest BCUT2D eigenvalue weighted by molar-refractivity contribution is -0.120. The maximum absolute atomic E-state index is 12.6. The Morgan fingerprint density at radius 1 is 1.03 bits per heavy atom. The van der Waals surface area contributed by atoms with E-state index in [1.165, 1.54) is 0 Å². The van der Waals surface area contributed by atoms with Gasteiger partial charge < -0.3 is 20.6 Å². The third kappa shape index (κ3) is 6.81. The van der Waals surface area contributed by atoms with Gasteiger partial charge in [-0.3, -0.25) is 9.78 Å². The smallest absolute Gasteiger partial charge is 0.265 e. The van der Waals surface area contributed by atoms with Gasteiger partial charge in [-0.25, -0.2) is 0 Å². The zero-order valence-electron chi connectivity index (χ0n) is 20.1. The van der Waals surface area contributed by atoms with Crippen molar-refractivity contribution < 1.29 is 14.4 Å². The Labute approximate surface area is 201 Å². The second kappa shape index (κ2) is 11.8. The molecule has 3 N–H and O–H groups in total. The Kier molecular flexibility index (Phi) is 8.62. The first kappa shape index (κ1) is 24.8. The standard InChI is InChI=1S/C27H32N4O3/c1-18(2)23-11-6-12-24(19(3)4)26(23)30-25(32)17-34-31-27(28)21-9-5-10-22(14-21)33-16-20-8-7-13-29-15-20/h5-15,18-19H,16-17H2,1-4H3,(H2,28,31)(H,30,32). The molecule has 0 aliphatic rings. The summed E-state index contributed by atoms with van der Waals surface area (Å²) in [5.74, 6) is 1.06. The lowest BCUT2D eigenvalue weighted by Crippen LogP contribution is -2.21. The fourth-order valence-electron chi connectivity index (χ4n) is 3.48. The number of para-hydroxylation sites is 1. The Hall–Kier alpha value is -3.87. The molecule has 3 rings (SSSR count). The first-order valence-corrected chi connectivity index (χ1v) is 11.4. The van der Waals surface area contributed by atoms with Gasteiger partial charge in [0.2, 0.25) is 0 Å². The number of hydrogen-bond donors (Lipinski definition) is 2. The molecule has 7 nitrogen and oxygen atoms in total. The van der Waals surface area contributed by atoms with Crippen LogP contribution >= 0.6 is 0 Å². The molecule has 1 heterocycles. The summed E-state index contributed by atoms with van der Waals surface area (Å²) in [6.07, 6.45) is 3.47. The SMILES string of the molecule is CC(C)c1cccc(C(C)C)c1NC(=O)CO/N=C(\N)c1cccc(OCc2cccnc2)c1. The number of amidine groups is 1. The number of rotatable bonds is 10. The normalized spacial score (nSPS) is 11.5. The molecule has 1 amide bonds. The molecular weight excluding hydrogens is 428 g/mol. The van der Waals surface area contributed by atoms with E-state index in [2.05, 4.69) is 43.2 Å². The predicted molar refractivity (Wildman–Crippen MR) is 135 cm³/mol. The fourth-order valence-corrected chi connectivity index (χ4v) is 3.48. The number of aromatic nitrogens is 1. The Balaban J connectivity index is 1.60. The summed E-state index contributed by atoms with van der Waals surface area (Å²) in [4.78, 5) is 21.9. The quantitative estimate of drug-likeness (QED) is 0.247. The van der Waals surface area contributed by atoms with Gasteiger partial charge in [-0.1, -0.05) is 69.2 Å². The van der Waals surface area contributed by atoms with Crippen molar-refractivity contribution in [3.8, 4) is 5.75 Å². The second-order valence-electron chi connectivity index (χ2n) is 8.60. The summed E-state index contributed by atoms with van der Waals surface area (Å²) in [6.45, 7) is 8.55. The predicted octanol–water partition coefficient (Wildman–Crippen LogP) is 5.18. The third-order valence-electron chi connectivity index (χ3n) is 5.25. The molecule has 178 valence electrons. The summed E-state index contributed by atoms with van der Waals surface area (Å²) in [6, 6.07) is 17.1. The highest BCUT2D eigenvalue weighted by atomic mass is 16.6. The number of amides is 1. The van der Waals surface area contributed by atoms with Crippen LogP contribution in [0.3, 0.4) is 0 Å². The Bertz CT molecular complexity index is 1100. The number of oxime groups is 1. The van der Waals surface area contributed by atoms with Gasteiger partial charge in [0, 0.05) is 29.2 Å². The zero-order valence-corrected chi connectivity index (χ0v) is 20.1. The number of carbonyl (C=O) groups is 1. The van der Waals surface area contributed by atoms with Crippen LogP contribution in [0, 0.1) is 0 Å². The second-order valence-corrected chi connectivity index (χ2v) is 8.60. The van der Waals surface area contributed by atoms with Crippen molar-refractivity contribution in [3.63, 3.8) is 0 Å². The van der Waals surface area contributed by atoms with Crippen LogP contribution < -0.4 is 15.8 Å². The van der Waals surface area contributed by atoms with Crippen molar-refractivity contribution in [2.45, 2.75) is 46.1 Å². The molecule has 34 heavy (non-hydrogen) atoms. The molecule has 0 saturated carbocycles. The van der Waals surface area contributed by atoms with Gasteiger partial charge in [-0.05, 0) is 41.2 Å². The van der Waals surface area contributed by atoms with Crippen molar-refractivity contribution in [2.75, 3.05) is 11.9 Å². The highest BCUT2D eigenvalue weighted by Gasteiger charge is 2.16. The number of hydrogen-bond acceptors (Lipinski definition) is 5.